The van der Waals surface area contributed by atoms with E-state index in [1.165, 1.54) is 18.2 Å². The highest BCUT2D eigenvalue weighted by atomic mass is 35.5. The molecule has 0 saturated heterocycles. The Morgan fingerprint density at radius 3 is 1.39 bits per heavy atom. The van der Waals surface area contributed by atoms with Crippen LogP contribution in [0.2, 0.25) is 10.0 Å². The van der Waals surface area contributed by atoms with Gasteiger partial charge in [0.2, 0.25) is 54.6 Å². The van der Waals surface area contributed by atoms with Crippen LogP contribution in [0.4, 0.5) is 0 Å². The van der Waals surface area contributed by atoms with Crippen LogP contribution in [0.5, 0.6) is 23.0 Å². The van der Waals surface area contributed by atoms with E-state index < -0.39 is 30.1 Å². The number of hydrogen-bond donors (Lipinski definition) is 3. The molecule has 0 atom stereocenters. The summed E-state index contributed by atoms with van der Waals surface area (Å²) in [5, 5.41) is 8.98. The zero-order chi connectivity index (χ0) is 72.1. The molecule has 1 aliphatic rings. The Morgan fingerprint density at radius 1 is 0.560 bits per heavy atom. The summed E-state index contributed by atoms with van der Waals surface area (Å²) < 4.78 is 102. The molecule has 8 aromatic rings. The Morgan fingerprint density at radius 2 is 0.980 bits per heavy atom. The predicted octanol–water partition coefficient (Wildman–Crippen LogP) is 11.1. The fourth-order valence-corrected chi connectivity index (χ4v) is 14.5. The van der Waals surface area contributed by atoms with E-state index >= 15 is 0 Å². The molecule has 0 aliphatic carbocycles. The Balaban J connectivity index is 0.000000212. The maximum Gasteiger partial charge on any atom is 0.246 e. The van der Waals surface area contributed by atoms with Crippen LogP contribution >= 0.6 is 45.9 Å². The maximum absolute atomic E-state index is 13.3. The molecule has 524 valence electrons. The summed E-state index contributed by atoms with van der Waals surface area (Å²) in [6.07, 6.45) is 19.8. The Kier molecular flexibility index (Phi) is 30.7. The molecule has 0 bridgehead atoms. The second-order valence-corrected chi connectivity index (χ2v) is 29.9. The molecule has 2 aromatic heterocycles. The lowest BCUT2D eigenvalue weighted by molar-refractivity contribution is -0.131. The number of para-hydroxylation sites is 1. The molecule has 1 aliphatic heterocycles. The third-order valence-electron chi connectivity index (χ3n) is 15.2. The van der Waals surface area contributed by atoms with E-state index in [2.05, 4.69) is 38.5 Å². The van der Waals surface area contributed by atoms with E-state index in [1.807, 2.05) is 70.9 Å². The number of nitrogens with zero attached hydrogens (tertiary/aromatic N) is 3. The van der Waals surface area contributed by atoms with Crippen LogP contribution in [-0.2, 0) is 96.2 Å². The van der Waals surface area contributed by atoms with Crippen LogP contribution < -0.4 is 33.1 Å². The Bertz CT molecular complexity index is 4520. The van der Waals surface area contributed by atoms with Crippen LogP contribution in [0.25, 0.3) is 0 Å². The van der Waals surface area contributed by atoms with Gasteiger partial charge < -0.3 is 33.6 Å². The molecule has 3 amide bonds. The van der Waals surface area contributed by atoms with Gasteiger partial charge in [0.15, 0.2) is 11.5 Å². The third kappa shape index (κ3) is 24.2. The molecular weight excluding hydrogens is 1410 g/mol. The molecule has 0 radical (unpaired) electrons. The van der Waals surface area contributed by atoms with Crippen molar-refractivity contribution < 1.29 is 58.6 Å². The lowest BCUT2D eigenvalue weighted by Gasteiger charge is -2.24. The molecule has 100 heavy (non-hydrogen) atoms. The van der Waals surface area contributed by atoms with Gasteiger partial charge in [-0.3, -0.25) is 14.4 Å². The second kappa shape index (κ2) is 39.2. The molecule has 0 spiro atoms. The number of methoxy groups -OCH3 is 1. The minimum absolute atomic E-state index is 0.00694. The number of amides is 3. The first-order valence-electron chi connectivity index (χ1n) is 31.2. The number of rotatable bonds is 33. The number of halogens is 2. The third-order valence-corrected chi connectivity index (χ3v) is 21.3. The van der Waals surface area contributed by atoms with E-state index in [1.54, 1.807) is 129 Å². The van der Waals surface area contributed by atoms with Gasteiger partial charge in [0.1, 0.15) is 11.5 Å². The van der Waals surface area contributed by atoms with E-state index in [-0.39, 0.29) is 58.8 Å². The first kappa shape index (κ1) is 78.4. The zero-order valence-electron chi connectivity index (χ0n) is 55.1. The molecule has 19 nitrogen and oxygen atoms in total. The summed E-state index contributed by atoms with van der Waals surface area (Å²) in [4.78, 5) is 44.4. The standard InChI is InChI=1S/C27H29ClN2O4S2.C25H24N2O5S2.C22H23ClN2O4S/c1-3-13-29-36(32,33)25-8-5-21(6-9-25)11-14-30(27(31)17-22-12-16-35-20-22)19-23-18-24(28)7-10-26(23)34-15-4-2;1-2-12-26-34(29,30)22-8-6-19(7-9-22)10-13-27(24(28)15-20-11-14-33-17-20)16-21-4-3-5-23-25(21)32-18-31-23;1-4-13-24-30(27,28)20-9-6-17(7-10-20)12-14-25(22(26)5-2)16-18-15-19(23)8-11-21(18)29-3/h1,5-10,12,16,18,20,29H,4,11,13-15,17,19H2,2H3;1,3-9,11,14,17,26H,10,12-13,15-16,18H2;1,5-11,15,24H,2,12-14,16H2,3H3. The van der Waals surface area contributed by atoms with Gasteiger partial charge in [0.05, 0.1) is 60.9 Å². The molecule has 26 heteroatoms. The second-order valence-electron chi connectivity index (χ2n) is 22.2. The highest BCUT2D eigenvalue weighted by Gasteiger charge is 2.24. The summed E-state index contributed by atoms with van der Waals surface area (Å²) >= 11 is 15.5. The lowest BCUT2D eigenvalue weighted by atomic mass is 10.1. The monoisotopic (exact) mass is 1490 g/mol. The first-order chi connectivity index (χ1) is 48.1. The topological polar surface area (TPSA) is 236 Å². The number of sulfonamides is 3. The molecule has 6 aromatic carbocycles. The summed E-state index contributed by atoms with van der Waals surface area (Å²) in [5.74, 6) is 9.21. The molecule has 0 unspecified atom stereocenters. The fraction of sp³-hybridized carbons (Fsp3) is 0.257. The van der Waals surface area contributed by atoms with Crippen LogP contribution in [-0.4, -0.2) is 117 Å². The van der Waals surface area contributed by atoms with E-state index in [4.69, 9.17) is 61.4 Å². The Hall–Kier alpha value is -8.94. The van der Waals surface area contributed by atoms with Crippen molar-refractivity contribution in [3.8, 4) is 60.0 Å². The molecule has 0 saturated carbocycles. The van der Waals surface area contributed by atoms with Crippen LogP contribution in [0, 0.1) is 37.0 Å². The zero-order valence-corrected chi connectivity index (χ0v) is 60.7. The van der Waals surface area contributed by atoms with E-state index in [0.29, 0.717) is 111 Å². The summed E-state index contributed by atoms with van der Waals surface area (Å²) in [6.45, 7) is 8.49. The van der Waals surface area contributed by atoms with Crippen LogP contribution in [0.3, 0.4) is 0 Å². The number of benzene rings is 6. The van der Waals surface area contributed by atoms with Crippen LogP contribution in [0.15, 0.2) is 188 Å². The maximum atomic E-state index is 13.3. The van der Waals surface area contributed by atoms with Gasteiger partial charge in [-0.1, -0.05) is 103 Å². The van der Waals surface area contributed by atoms with Gasteiger partial charge >= 0.3 is 0 Å². The number of ether oxygens (including phenoxy) is 4. The number of carbonyl (C=O) groups is 3. The summed E-state index contributed by atoms with van der Waals surface area (Å²) in [5.41, 5.74) is 7.16. The van der Waals surface area contributed by atoms with E-state index in [9.17, 15) is 39.6 Å². The number of nitrogens with one attached hydrogen (secondary N) is 3. The van der Waals surface area contributed by atoms with Crippen molar-refractivity contribution in [2.45, 2.75) is 79.8 Å². The predicted molar refractivity (Wildman–Crippen MR) is 393 cm³/mol. The highest BCUT2D eigenvalue weighted by molar-refractivity contribution is 7.90. The average Bonchev–Trinajstić information content (AvgIpc) is 1.77. The minimum atomic E-state index is -3.65. The van der Waals surface area contributed by atoms with Crippen molar-refractivity contribution in [2.24, 2.45) is 0 Å². The highest BCUT2D eigenvalue weighted by Crippen LogP contribution is 2.36. The Labute approximate surface area is 604 Å². The van der Waals surface area contributed by atoms with Crippen molar-refractivity contribution in [1.82, 2.24) is 28.9 Å². The average molecular weight is 1490 g/mol. The van der Waals surface area contributed by atoms with Crippen molar-refractivity contribution in [3.05, 3.63) is 228 Å². The number of fused-ring (bicyclic) bond motifs is 1. The normalized spacial score (nSPS) is 11.4. The number of thiophene rings is 2. The van der Waals surface area contributed by atoms with Gasteiger partial charge in [-0.15, -0.1) is 19.3 Å². The van der Waals surface area contributed by atoms with Gasteiger partial charge in [-0.25, -0.2) is 25.3 Å². The largest absolute Gasteiger partial charge is 0.496 e. The molecule has 3 N–H and O–H groups in total. The molecule has 3 heterocycles. The summed E-state index contributed by atoms with van der Waals surface area (Å²) in [7, 11) is -9.38. The number of carbonyl (C=O) groups excluding carboxylic acids is 3. The SMILES string of the molecule is C#CCNS(=O)(=O)c1ccc(CCN(Cc2cc(Cl)ccc2OC)C(=O)C=C)cc1.C#CCNS(=O)(=O)c1ccc(CCN(Cc2cc(Cl)ccc2OCCC)C(=O)Cc2ccsc2)cc1.C#CCNS(=O)(=O)c1ccc(CCN(Cc2cccc3c2OCO3)C(=O)Cc2ccsc2)cc1. The van der Waals surface area contributed by atoms with Crippen molar-refractivity contribution >= 4 is 93.7 Å². The van der Waals surface area contributed by atoms with Crippen molar-refractivity contribution in [3.63, 3.8) is 0 Å². The lowest BCUT2D eigenvalue weighted by Crippen LogP contribution is -2.33. The van der Waals surface area contributed by atoms with E-state index in [0.717, 1.165) is 50.9 Å². The molecular formula is C74H76Cl2N6O13S5. The van der Waals surface area contributed by atoms with Gasteiger partial charge in [0.25, 0.3) is 0 Å². The van der Waals surface area contributed by atoms with Crippen LogP contribution in [0.1, 0.15) is 57.9 Å². The van der Waals surface area contributed by atoms with Crippen molar-refractivity contribution in [2.75, 3.05) is 59.8 Å². The minimum Gasteiger partial charge on any atom is -0.496 e. The summed E-state index contributed by atoms with van der Waals surface area (Å²) in [6, 6.07) is 39.8. The van der Waals surface area contributed by atoms with Gasteiger partial charge in [0, 0.05) is 66.0 Å². The van der Waals surface area contributed by atoms with Crippen molar-refractivity contribution in [1.29, 1.82) is 0 Å². The van der Waals surface area contributed by atoms with Gasteiger partial charge in [-0.05, 0) is 172 Å². The number of hydrogen-bond acceptors (Lipinski definition) is 15. The first-order valence-corrected chi connectivity index (χ1v) is 38.3. The molecule has 9 rings (SSSR count). The quantitative estimate of drug-likeness (QED) is 0.0257. The number of terminal acetylenes is 3. The van der Waals surface area contributed by atoms with Gasteiger partial charge in [-0.2, -0.15) is 36.8 Å². The molecule has 0 fully saturated rings. The smallest absolute Gasteiger partial charge is 0.246 e. The fourth-order valence-electron chi connectivity index (χ4n) is 9.92.